The van der Waals surface area contributed by atoms with Gasteiger partial charge in [-0.05, 0) is 6.07 Å². The molecule has 2 heterocycles. The Labute approximate surface area is 201 Å². The van der Waals surface area contributed by atoms with Crippen molar-refractivity contribution in [3.8, 4) is 0 Å². The lowest BCUT2D eigenvalue weighted by Crippen LogP contribution is -2.47. The number of aliphatic hydroxyl groups is 6. The lowest BCUT2D eigenvalue weighted by atomic mass is 9.99. The fourth-order valence-corrected chi connectivity index (χ4v) is 3.79. The minimum atomic E-state index is -5.00. The highest BCUT2D eigenvalue weighted by Crippen LogP contribution is 2.44. The summed E-state index contributed by atoms with van der Waals surface area (Å²) >= 11 is 0. The van der Waals surface area contributed by atoms with Crippen LogP contribution in [0, 0.1) is 0 Å². The number of carbonyl (C=O) groups is 2. The van der Waals surface area contributed by atoms with Gasteiger partial charge in [-0.3, -0.25) is 18.4 Å². The van der Waals surface area contributed by atoms with Crippen molar-refractivity contribution in [3.05, 3.63) is 22.7 Å². The molecular weight excluding hydrogens is 517 g/mol. The van der Waals surface area contributed by atoms with Crippen molar-refractivity contribution in [3.63, 3.8) is 0 Å². The van der Waals surface area contributed by atoms with Gasteiger partial charge >= 0.3 is 19.5 Å². The minimum absolute atomic E-state index is 0.106. The van der Waals surface area contributed by atoms with E-state index in [1.807, 2.05) is 0 Å². The van der Waals surface area contributed by atoms with Gasteiger partial charge in [-0.2, -0.15) is 4.98 Å². The van der Waals surface area contributed by atoms with Crippen molar-refractivity contribution < 1.29 is 68.6 Å². The molecule has 204 valence electrons. The van der Waals surface area contributed by atoms with Crippen LogP contribution in [0.4, 0.5) is 5.82 Å². The Morgan fingerprint density at radius 1 is 1.14 bits per heavy atom. The van der Waals surface area contributed by atoms with E-state index in [4.69, 9.17) is 15.6 Å². The van der Waals surface area contributed by atoms with E-state index in [1.54, 1.807) is 0 Å². The molecule has 0 saturated carbocycles. The zero-order valence-corrected chi connectivity index (χ0v) is 19.1. The lowest BCUT2D eigenvalue weighted by Gasteiger charge is -2.26. The first-order valence-electron chi connectivity index (χ1n) is 10.1. The molecule has 1 aromatic heterocycles. The Bertz CT molecular complexity index is 1040. The van der Waals surface area contributed by atoms with Crippen LogP contribution in [0.2, 0.25) is 0 Å². The number of carboxylic acids is 1. The van der Waals surface area contributed by atoms with Crippen molar-refractivity contribution in [1.82, 2.24) is 9.55 Å². The average Bonchev–Trinajstić information content (AvgIpc) is 3.08. The first-order valence-corrected chi connectivity index (χ1v) is 11.6. The summed E-state index contributed by atoms with van der Waals surface area (Å²) in [5.41, 5.74) is 4.47. The van der Waals surface area contributed by atoms with E-state index < -0.39 is 93.9 Å². The summed E-state index contributed by atoms with van der Waals surface area (Å²) in [7, 11) is -5.00. The second-order valence-electron chi connectivity index (χ2n) is 7.70. The number of hydrogen-bond acceptors (Lipinski definition) is 15. The zero-order valence-electron chi connectivity index (χ0n) is 18.2. The normalized spacial score (nSPS) is 27.1. The molecule has 1 aliphatic rings. The highest BCUT2D eigenvalue weighted by atomic mass is 31.2. The molecular formula is C17H26N3O15P. The topological polar surface area (TPSA) is 302 Å². The van der Waals surface area contributed by atoms with Gasteiger partial charge in [0.1, 0.15) is 42.4 Å². The summed E-state index contributed by atoms with van der Waals surface area (Å²) in [6.07, 6.45) is -14.8. The average molecular weight is 543 g/mol. The standard InChI is InChI=1S/C17H26N3O15P/c18-10-1-2-20(17(30)19-10)15-14(27)13(26)9(35-15)5-34-36(31,32)33-4-8(23)12(25)11(24)6(21)3-7(22)16(28)29/h1-2,6,8-9,11-15,21,23-27H,3-5H2,(H,28,29)(H,31,32)(H2,18,19,30)/t6?,8?,9-,11?,12?,13-,14-,15-/m1/s1. The molecule has 10 N–H and O–H groups in total. The highest BCUT2D eigenvalue weighted by Gasteiger charge is 2.45. The summed E-state index contributed by atoms with van der Waals surface area (Å²) in [5, 5.41) is 67.7. The number of phosphoric acid groups is 1. The molecule has 1 aromatic rings. The van der Waals surface area contributed by atoms with E-state index in [0.717, 1.165) is 10.8 Å². The summed E-state index contributed by atoms with van der Waals surface area (Å²) in [6.45, 7) is -1.99. The molecule has 0 aromatic carbocycles. The van der Waals surface area contributed by atoms with Gasteiger partial charge in [-0.1, -0.05) is 0 Å². The number of aliphatic hydroxyl groups excluding tert-OH is 6. The number of Topliss-reactive ketones (excluding diaryl/α,β-unsaturated/α-hetero) is 1. The van der Waals surface area contributed by atoms with E-state index >= 15 is 0 Å². The molecule has 19 heteroatoms. The van der Waals surface area contributed by atoms with E-state index in [-0.39, 0.29) is 5.82 Å². The predicted molar refractivity (Wildman–Crippen MR) is 112 cm³/mol. The largest absolute Gasteiger partial charge is 0.475 e. The third-order valence-corrected chi connectivity index (χ3v) is 6.00. The second kappa shape index (κ2) is 12.3. The van der Waals surface area contributed by atoms with Gasteiger partial charge in [-0.15, -0.1) is 0 Å². The predicted octanol–water partition coefficient (Wildman–Crippen LogP) is -4.93. The van der Waals surface area contributed by atoms with Crippen molar-refractivity contribution in [2.45, 2.75) is 55.4 Å². The van der Waals surface area contributed by atoms with Gasteiger partial charge in [0.05, 0.1) is 19.3 Å². The molecule has 5 unspecified atom stereocenters. The number of anilines is 1. The van der Waals surface area contributed by atoms with E-state index in [1.165, 1.54) is 6.07 Å². The van der Waals surface area contributed by atoms with Crippen LogP contribution in [0.1, 0.15) is 12.6 Å². The number of nitrogens with two attached hydrogens (primary N) is 1. The number of nitrogens with zero attached hydrogens (tertiary/aromatic N) is 2. The molecule has 1 saturated heterocycles. The molecule has 18 nitrogen and oxygen atoms in total. The maximum Gasteiger partial charge on any atom is 0.472 e. The number of rotatable bonds is 13. The van der Waals surface area contributed by atoms with E-state index in [9.17, 15) is 54.5 Å². The van der Waals surface area contributed by atoms with Crippen molar-refractivity contribution in [2.75, 3.05) is 18.9 Å². The van der Waals surface area contributed by atoms with Gasteiger partial charge in [0.15, 0.2) is 6.23 Å². The number of carboxylic acid groups (broad SMARTS) is 1. The molecule has 9 atom stereocenters. The lowest BCUT2D eigenvalue weighted by molar-refractivity contribution is -0.153. The van der Waals surface area contributed by atoms with Crippen LogP contribution in [0.3, 0.4) is 0 Å². The Hall–Kier alpha value is -2.35. The zero-order chi connectivity index (χ0) is 27.4. The fraction of sp³-hybridized carbons (Fsp3) is 0.647. The summed E-state index contributed by atoms with van der Waals surface area (Å²) in [4.78, 5) is 46.7. The third kappa shape index (κ3) is 7.58. The first kappa shape index (κ1) is 29.9. The Morgan fingerprint density at radius 2 is 1.75 bits per heavy atom. The Balaban J connectivity index is 1.89. The molecule has 0 amide bonds. The van der Waals surface area contributed by atoms with Crippen LogP contribution in [-0.4, -0.2) is 118 Å². The monoisotopic (exact) mass is 543 g/mol. The molecule has 1 fully saturated rings. The molecule has 0 aliphatic carbocycles. The van der Waals surface area contributed by atoms with Crippen LogP contribution in [0.25, 0.3) is 0 Å². The molecule has 36 heavy (non-hydrogen) atoms. The van der Waals surface area contributed by atoms with Crippen LogP contribution in [0.5, 0.6) is 0 Å². The highest BCUT2D eigenvalue weighted by molar-refractivity contribution is 7.47. The van der Waals surface area contributed by atoms with Crippen molar-refractivity contribution in [1.29, 1.82) is 0 Å². The number of phosphoric ester groups is 1. The SMILES string of the molecule is Nc1ccn([C@@H]2O[C@H](COP(=O)(O)OCC(O)C(O)C(O)C(O)CC(=O)C(=O)O)[C@@H](O)[C@H]2O)c(=O)n1. The number of aromatic nitrogens is 2. The number of ether oxygens (including phenoxy) is 1. The smallest absolute Gasteiger partial charge is 0.472 e. The number of hydrogen-bond donors (Lipinski definition) is 9. The molecule has 0 radical (unpaired) electrons. The number of carbonyl (C=O) groups excluding carboxylic acids is 1. The van der Waals surface area contributed by atoms with Crippen LogP contribution in [0.15, 0.2) is 17.1 Å². The summed E-state index contributed by atoms with van der Waals surface area (Å²) < 4.78 is 27.3. The maximum atomic E-state index is 12.1. The number of ketones is 1. The van der Waals surface area contributed by atoms with Gasteiger partial charge in [0, 0.05) is 12.6 Å². The fourth-order valence-electron chi connectivity index (χ4n) is 3.04. The Kier molecular flexibility index (Phi) is 10.2. The van der Waals surface area contributed by atoms with Gasteiger partial charge in [0.25, 0.3) is 0 Å². The Morgan fingerprint density at radius 3 is 2.33 bits per heavy atom. The molecule has 1 aliphatic heterocycles. The second-order valence-corrected chi connectivity index (χ2v) is 9.15. The minimum Gasteiger partial charge on any atom is -0.475 e. The summed E-state index contributed by atoms with van der Waals surface area (Å²) in [5.74, 6) is -3.48. The van der Waals surface area contributed by atoms with Crippen LogP contribution >= 0.6 is 7.82 Å². The molecule has 2 rings (SSSR count). The summed E-state index contributed by atoms with van der Waals surface area (Å²) in [6, 6.07) is 1.23. The third-order valence-electron chi connectivity index (χ3n) is 5.04. The quantitative estimate of drug-likeness (QED) is 0.0831. The van der Waals surface area contributed by atoms with Gasteiger partial charge in [-0.25, -0.2) is 14.2 Å². The van der Waals surface area contributed by atoms with Crippen molar-refractivity contribution in [2.24, 2.45) is 0 Å². The van der Waals surface area contributed by atoms with Crippen LogP contribution in [-0.2, 0) is 27.9 Å². The van der Waals surface area contributed by atoms with Gasteiger partial charge < -0.3 is 51.1 Å². The van der Waals surface area contributed by atoms with Gasteiger partial charge in [0.2, 0.25) is 5.78 Å². The van der Waals surface area contributed by atoms with Crippen LogP contribution < -0.4 is 11.4 Å². The number of nitrogen functional groups attached to an aromatic ring is 1. The maximum absolute atomic E-state index is 12.1. The molecule has 0 spiro atoms. The molecule has 0 bridgehead atoms. The number of aliphatic carboxylic acids is 1. The van der Waals surface area contributed by atoms with E-state index in [2.05, 4.69) is 14.0 Å². The first-order chi connectivity index (χ1) is 16.6. The van der Waals surface area contributed by atoms with E-state index in [0.29, 0.717) is 0 Å². The van der Waals surface area contributed by atoms with Crippen molar-refractivity contribution >= 4 is 25.4 Å².